The topological polar surface area (TPSA) is 68.8 Å². The van der Waals surface area contributed by atoms with Crippen LogP contribution in [0.5, 0.6) is 11.5 Å². The highest BCUT2D eigenvalue weighted by Gasteiger charge is 2.44. The van der Waals surface area contributed by atoms with E-state index in [9.17, 15) is 13.6 Å². The molecule has 0 bridgehead atoms. The number of anilines is 1. The quantitative estimate of drug-likeness (QED) is 0.889. The number of piperidine rings is 1. The summed E-state index contributed by atoms with van der Waals surface area (Å²) in [6.07, 6.45) is -2.59. The minimum atomic E-state index is -3.67. The number of ether oxygens (including phenoxy) is 3. The van der Waals surface area contributed by atoms with Crippen LogP contribution in [0, 0.1) is 0 Å². The second-order valence-electron chi connectivity index (χ2n) is 5.23. The highest BCUT2D eigenvalue weighted by molar-refractivity contribution is 5.97. The molecular formula is C14H16F2N2O4. The lowest BCUT2D eigenvalue weighted by molar-refractivity contribution is -0.286. The molecule has 2 N–H and O–H groups in total. The zero-order chi connectivity index (χ0) is 15.8. The number of carbonyl (C=O) groups is 1. The zero-order valence-electron chi connectivity index (χ0n) is 11.9. The molecule has 1 amide bonds. The molecule has 6 nitrogen and oxygen atoms in total. The van der Waals surface area contributed by atoms with E-state index < -0.39 is 11.9 Å². The number of benzene rings is 1. The van der Waals surface area contributed by atoms with Crippen LogP contribution in [-0.2, 0) is 9.53 Å². The molecule has 8 heteroatoms. The predicted octanol–water partition coefficient (Wildman–Crippen LogP) is 1.72. The number of amides is 1. The summed E-state index contributed by atoms with van der Waals surface area (Å²) in [4.78, 5) is 12.5. The van der Waals surface area contributed by atoms with Crippen molar-refractivity contribution in [1.29, 1.82) is 0 Å². The summed E-state index contributed by atoms with van der Waals surface area (Å²) in [7, 11) is 1.49. The Balaban J connectivity index is 1.75. The average Bonchev–Trinajstić information content (AvgIpc) is 2.81. The van der Waals surface area contributed by atoms with E-state index in [1.165, 1.54) is 25.3 Å². The molecule has 0 aromatic heterocycles. The van der Waals surface area contributed by atoms with Crippen LogP contribution in [-0.4, -0.2) is 38.0 Å². The first-order valence-electron chi connectivity index (χ1n) is 6.91. The van der Waals surface area contributed by atoms with Crippen molar-refractivity contribution < 1.29 is 27.8 Å². The standard InChI is InChI=1S/C14H16F2N2O4/c1-20-13(4-6-17-7-5-13)12(19)18-9-2-3-10-11(8-9)22-14(15,16)21-10/h2-3,8,17H,4-7H2,1H3,(H,18,19). The Labute approximate surface area is 125 Å². The lowest BCUT2D eigenvalue weighted by Gasteiger charge is -2.34. The minimum Gasteiger partial charge on any atom is -0.395 e. The number of hydrogen-bond donors (Lipinski definition) is 2. The van der Waals surface area contributed by atoms with Gasteiger partial charge in [-0.15, -0.1) is 8.78 Å². The second-order valence-corrected chi connectivity index (χ2v) is 5.23. The van der Waals surface area contributed by atoms with Gasteiger partial charge in [-0.05, 0) is 38.1 Å². The van der Waals surface area contributed by atoms with E-state index in [1.54, 1.807) is 0 Å². The van der Waals surface area contributed by atoms with Crippen LogP contribution in [0.15, 0.2) is 18.2 Å². The van der Waals surface area contributed by atoms with Gasteiger partial charge in [0.1, 0.15) is 5.60 Å². The molecule has 120 valence electrons. The summed E-state index contributed by atoms with van der Waals surface area (Å²) in [5.41, 5.74) is -0.564. The summed E-state index contributed by atoms with van der Waals surface area (Å²) in [6.45, 7) is 1.35. The molecule has 1 aromatic carbocycles. The molecule has 1 fully saturated rings. The first-order valence-corrected chi connectivity index (χ1v) is 6.91. The van der Waals surface area contributed by atoms with E-state index in [4.69, 9.17) is 4.74 Å². The van der Waals surface area contributed by atoms with Crippen molar-refractivity contribution in [1.82, 2.24) is 5.32 Å². The lowest BCUT2D eigenvalue weighted by Crippen LogP contribution is -2.51. The predicted molar refractivity (Wildman–Crippen MR) is 73.1 cm³/mol. The van der Waals surface area contributed by atoms with Gasteiger partial charge in [-0.1, -0.05) is 0 Å². The third kappa shape index (κ3) is 2.71. The molecule has 3 rings (SSSR count). The average molecular weight is 314 g/mol. The number of rotatable bonds is 3. The van der Waals surface area contributed by atoms with E-state index in [0.29, 0.717) is 31.6 Å². The highest BCUT2D eigenvalue weighted by atomic mass is 19.3. The van der Waals surface area contributed by atoms with Crippen molar-refractivity contribution in [2.24, 2.45) is 0 Å². The van der Waals surface area contributed by atoms with E-state index in [1.807, 2.05) is 0 Å². The number of halogens is 2. The highest BCUT2D eigenvalue weighted by Crippen LogP contribution is 2.42. The fraction of sp³-hybridized carbons (Fsp3) is 0.500. The summed E-state index contributed by atoms with van der Waals surface area (Å²) in [5.74, 6) is -0.479. The maximum absolute atomic E-state index is 13.0. The fourth-order valence-electron chi connectivity index (χ4n) is 2.63. The van der Waals surface area contributed by atoms with Crippen LogP contribution in [0.1, 0.15) is 12.8 Å². The largest absolute Gasteiger partial charge is 0.586 e. The first kappa shape index (κ1) is 15.0. The second kappa shape index (κ2) is 5.36. The van der Waals surface area contributed by atoms with Crippen molar-refractivity contribution in [3.63, 3.8) is 0 Å². The summed E-state index contributed by atoms with van der Waals surface area (Å²) in [5, 5.41) is 5.84. The Morgan fingerprint density at radius 3 is 2.64 bits per heavy atom. The van der Waals surface area contributed by atoms with E-state index >= 15 is 0 Å². The van der Waals surface area contributed by atoms with Gasteiger partial charge in [-0.2, -0.15) is 0 Å². The maximum Gasteiger partial charge on any atom is 0.586 e. The van der Waals surface area contributed by atoms with E-state index in [-0.39, 0.29) is 17.4 Å². The van der Waals surface area contributed by atoms with Crippen molar-refractivity contribution in [2.45, 2.75) is 24.7 Å². The number of methoxy groups -OCH3 is 1. The Bertz CT molecular complexity index is 588. The molecule has 0 spiro atoms. The third-order valence-corrected chi connectivity index (χ3v) is 3.87. The smallest absolute Gasteiger partial charge is 0.395 e. The van der Waals surface area contributed by atoms with Crippen LogP contribution in [0.4, 0.5) is 14.5 Å². The Kier molecular flexibility index (Phi) is 3.65. The number of alkyl halides is 2. The van der Waals surface area contributed by atoms with Gasteiger partial charge >= 0.3 is 6.29 Å². The number of carbonyl (C=O) groups excluding carboxylic acids is 1. The van der Waals surface area contributed by atoms with Gasteiger partial charge in [0.25, 0.3) is 5.91 Å². The molecule has 2 heterocycles. The monoisotopic (exact) mass is 314 g/mol. The lowest BCUT2D eigenvalue weighted by atomic mass is 9.91. The molecular weight excluding hydrogens is 298 g/mol. The summed E-state index contributed by atoms with van der Waals surface area (Å²) >= 11 is 0. The summed E-state index contributed by atoms with van der Waals surface area (Å²) in [6, 6.07) is 4.11. The molecule has 22 heavy (non-hydrogen) atoms. The van der Waals surface area contributed by atoms with Crippen molar-refractivity contribution >= 4 is 11.6 Å². The van der Waals surface area contributed by atoms with Gasteiger partial charge in [-0.3, -0.25) is 4.79 Å². The SMILES string of the molecule is COC1(C(=O)Nc2ccc3c(c2)OC(F)(F)O3)CCNCC1. The molecule has 0 radical (unpaired) electrons. The van der Waals surface area contributed by atoms with Gasteiger partial charge in [0.05, 0.1) is 0 Å². The van der Waals surface area contributed by atoms with Gasteiger partial charge < -0.3 is 24.8 Å². The fourth-order valence-corrected chi connectivity index (χ4v) is 2.63. The van der Waals surface area contributed by atoms with Crippen LogP contribution in [0.2, 0.25) is 0 Å². The van der Waals surface area contributed by atoms with Crippen LogP contribution >= 0.6 is 0 Å². The molecule has 2 aliphatic rings. The van der Waals surface area contributed by atoms with Gasteiger partial charge in [0, 0.05) is 18.9 Å². The van der Waals surface area contributed by atoms with Crippen LogP contribution in [0.25, 0.3) is 0 Å². The Morgan fingerprint density at radius 1 is 1.27 bits per heavy atom. The van der Waals surface area contributed by atoms with E-state index in [0.717, 1.165) is 0 Å². The molecule has 1 aromatic rings. The minimum absolute atomic E-state index is 0.0636. The number of fused-ring (bicyclic) bond motifs is 1. The zero-order valence-corrected chi connectivity index (χ0v) is 11.9. The molecule has 0 atom stereocenters. The summed E-state index contributed by atoms with van der Waals surface area (Å²) < 4.78 is 40.0. The first-order chi connectivity index (χ1) is 10.4. The molecule has 1 saturated heterocycles. The molecule has 0 unspecified atom stereocenters. The molecule has 2 aliphatic heterocycles. The Hall–Kier alpha value is -1.93. The van der Waals surface area contributed by atoms with Gasteiger partial charge in [0.2, 0.25) is 0 Å². The number of nitrogens with one attached hydrogen (secondary N) is 2. The van der Waals surface area contributed by atoms with Gasteiger partial charge in [-0.25, -0.2) is 0 Å². The van der Waals surface area contributed by atoms with Crippen LogP contribution in [0.3, 0.4) is 0 Å². The Morgan fingerprint density at radius 2 is 1.95 bits per heavy atom. The van der Waals surface area contributed by atoms with Crippen molar-refractivity contribution in [3.8, 4) is 11.5 Å². The van der Waals surface area contributed by atoms with E-state index in [2.05, 4.69) is 20.1 Å². The third-order valence-electron chi connectivity index (χ3n) is 3.87. The number of hydrogen-bond acceptors (Lipinski definition) is 5. The van der Waals surface area contributed by atoms with Gasteiger partial charge in [0.15, 0.2) is 11.5 Å². The normalized spacial score (nSPS) is 21.4. The molecule has 0 aliphatic carbocycles. The van der Waals surface area contributed by atoms with Crippen molar-refractivity contribution in [2.75, 3.05) is 25.5 Å². The maximum atomic E-state index is 13.0. The molecule has 0 saturated carbocycles. The van der Waals surface area contributed by atoms with Crippen LogP contribution < -0.4 is 20.1 Å². The van der Waals surface area contributed by atoms with Crippen molar-refractivity contribution in [3.05, 3.63) is 18.2 Å².